The molecule has 2 fully saturated rings. The number of hydrogen-bond donors (Lipinski definition) is 0. The average Bonchev–Trinajstić information content (AvgIpc) is 2.91. The maximum atomic E-state index is 12.3. The Morgan fingerprint density at radius 2 is 1.66 bits per heavy atom. The molecule has 7 nitrogen and oxygen atoms in total. The minimum atomic E-state index is -1.95. The summed E-state index contributed by atoms with van der Waals surface area (Å²) in [4.78, 5) is 12.3. The van der Waals surface area contributed by atoms with Crippen LogP contribution in [0.5, 0.6) is 0 Å². The molecule has 9 heteroatoms. The molecule has 188 valence electrons. The van der Waals surface area contributed by atoms with Crippen LogP contribution in [0.4, 0.5) is 0 Å². The van der Waals surface area contributed by atoms with Gasteiger partial charge in [-0.2, -0.15) is 0 Å². The van der Waals surface area contributed by atoms with Gasteiger partial charge in [0.05, 0.1) is 6.61 Å². The number of esters is 1. The number of thioether (sulfide) groups is 1. The van der Waals surface area contributed by atoms with Gasteiger partial charge >= 0.3 is 5.97 Å². The maximum absolute atomic E-state index is 12.3. The third-order valence-electron chi connectivity index (χ3n) is 5.99. The number of rotatable bonds is 8. The predicted octanol–water partition coefficient (Wildman–Crippen LogP) is 4.73. The SMILES string of the molecule is CCS[C@@H]1O[C@H](CO[Si](C)(C)C(C)(C)C)[C@@H]2OC(C)(C)O[C@@H]2[C@H]1OCC(=O)OC(C)(C)C. The summed E-state index contributed by atoms with van der Waals surface area (Å²) in [7, 11) is -1.95. The molecule has 0 aromatic heterocycles. The summed E-state index contributed by atoms with van der Waals surface area (Å²) in [6.07, 6.45) is -1.44. The zero-order chi connectivity index (χ0) is 24.5. The van der Waals surface area contributed by atoms with E-state index >= 15 is 0 Å². The Bertz CT molecular complexity index is 641. The Morgan fingerprint density at radius 3 is 2.19 bits per heavy atom. The van der Waals surface area contributed by atoms with Crippen molar-refractivity contribution in [2.75, 3.05) is 19.0 Å². The number of hydrogen-bond acceptors (Lipinski definition) is 8. The molecule has 2 heterocycles. The zero-order valence-corrected chi connectivity index (χ0v) is 23.6. The second-order valence-corrected chi connectivity index (χ2v) is 17.7. The Morgan fingerprint density at radius 1 is 1.06 bits per heavy atom. The second kappa shape index (κ2) is 10.2. The van der Waals surface area contributed by atoms with Gasteiger partial charge in [0.25, 0.3) is 0 Å². The van der Waals surface area contributed by atoms with Gasteiger partial charge < -0.3 is 28.1 Å². The molecular formula is C23H44O7SSi. The van der Waals surface area contributed by atoms with E-state index in [-0.39, 0.29) is 35.4 Å². The van der Waals surface area contributed by atoms with Crippen LogP contribution in [-0.4, -0.2) is 74.5 Å². The van der Waals surface area contributed by atoms with E-state index in [1.807, 2.05) is 34.6 Å². The second-order valence-electron chi connectivity index (χ2n) is 11.5. The number of ether oxygens (including phenoxy) is 5. The van der Waals surface area contributed by atoms with Crippen molar-refractivity contribution in [1.29, 1.82) is 0 Å². The van der Waals surface area contributed by atoms with Gasteiger partial charge in [0.1, 0.15) is 42.1 Å². The van der Waals surface area contributed by atoms with E-state index in [2.05, 4.69) is 40.8 Å². The van der Waals surface area contributed by atoms with E-state index in [9.17, 15) is 4.79 Å². The zero-order valence-electron chi connectivity index (χ0n) is 21.8. The molecule has 2 aliphatic rings. The summed E-state index contributed by atoms with van der Waals surface area (Å²) < 4.78 is 36.9. The first kappa shape index (κ1) is 28.1. The van der Waals surface area contributed by atoms with E-state index in [1.54, 1.807) is 11.8 Å². The van der Waals surface area contributed by atoms with Crippen LogP contribution in [0.1, 0.15) is 62.3 Å². The largest absolute Gasteiger partial charge is 0.458 e. The summed E-state index contributed by atoms with van der Waals surface area (Å²) in [5.74, 6) is -0.336. The molecule has 0 unspecified atom stereocenters. The van der Waals surface area contributed by atoms with Gasteiger partial charge in [-0.1, -0.05) is 27.7 Å². The summed E-state index contributed by atoms with van der Waals surface area (Å²) >= 11 is 1.64. The van der Waals surface area contributed by atoms with Crippen molar-refractivity contribution in [3.63, 3.8) is 0 Å². The van der Waals surface area contributed by atoms with Gasteiger partial charge in [-0.3, -0.25) is 0 Å². The average molecular weight is 493 g/mol. The summed E-state index contributed by atoms with van der Waals surface area (Å²) in [5.41, 5.74) is -0.862. The quantitative estimate of drug-likeness (QED) is 0.356. The van der Waals surface area contributed by atoms with Gasteiger partial charge in [0.2, 0.25) is 0 Å². The van der Waals surface area contributed by atoms with Crippen molar-refractivity contribution in [3.05, 3.63) is 0 Å². The molecule has 0 amide bonds. The van der Waals surface area contributed by atoms with E-state index in [0.29, 0.717) is 6.61 Å². The first-order chi connectivity index (χ1) is 14.5. The molecule has 5 atom stereocenters. The Hall–Kier alpha value is -0.163. The molecular weight excluding hydrogens is 448 g/mol. The molecule has 2 saturated heterocycles. The molecule has 0 radical (unpaired) electrons. The molecule has 0 N–H and O–H groups in total. The van der Waals surface area contributed by atoms with Crippen LogP contribution in [0.25, 0.3) is 0 Å². The highest BCUT2D eigenvalue weighted by Crippen LogP contribution is 2.42. The first-order valence-electron chi connectivity index (χ1n) is 11.6. The molecule has 32 heavy (non-hydrogen) atoms. The number of carbonyl (C=O) groups is 1. The summed E-state index contributed by atoms with van der Waals surface area (Å²) in [5, 5.41) is 0.101. The Labute approximate surface area is 199 Å². The lowest BCUT2D eigenvalue weighted by Crippen LogP contribution is -2.58. The molecule has 0 bridgehead atoms. The van der Waals surface area contributed by atoms with E-state index < -0.39 is 31.8 Å². The van der Waals surface area contributed by atoms with Crippen LogP contribution >= 0.6 is 11.8 Å². The fourth-order valence-corrected chi connectivity index (χ4v) is 5.48. The third-order valence-corrected chi connectivity index (χ3v) is 11.5. The van der Waals surface area contributed by atoms with Crippen molar-refractivity contribution in [2.24, 2.45) is 0 Å². The summed E-state index contributed by atoms with van der Waals surface area (Å²) in [6.45, 7) is 22.8. The van der Waals surface area contributed by atoms with Crippen molar-refractivity contribution >= 4 is 26.0 Å². The maximum Gasteiger partial charge on any atom is 0.332 e. The van der Waals surface area contributed by atoms with Gasteiger partial charge in [0, 0.05) is 0 Å². The van der Waals surface area contributed by atoms with Crippen molar-refractivity contribution in [3.8, 4) is 0 Å². The lowest BCUT2D eigenvalue weighted by molar-refractivity contribution is -0.193. The minimum absolute atomic E-state index is 0.101. The molecule has 0 spiro atoms. The van der Waals surface area contributed by atoms with Gasteiger partial charge in [-0.05, 0) is 58.5 Å². The van der Waals surface area contributed by atoms with Crippen LogP contribution in [-0.2, 0) is 32.9 Å². The smallest absolute Gasteiger partial charge is 0.332 e. The van der Waals surface area contributed by atoms with E-state index in [0.717, 1.165) is 5.75 Å². The van der Waals surface area contributed by atoms with Crippen molar-refractivity contribution < 1.29 is 32.9 Å². The van der Waals surface area contributed by atoms with Crippen LogP contribution in [0.3, 0.4) is 0 Å². The normalized spacial score (nSPS) is 30.8. The Kier molecular flexibility index (Phi) is 8.96. The molecule has 0 aliphatic carbocycles. The highest BCUT2D eigenvalue weighted by molar-refractivity contribution is 7.99. The van der Waals surface area contributed by atoms with Gasteiger partial charge in [-0.25, -0.2) is 4.79 Å². The van der Waals surface area contributed by atoms with Gasteiger partial charge in [0.15, 0.2) is 14.1 Å². The molecule has 2 rings (SSSR count). The topological polar surface area (TPSA) is 72.5 Å². The van der Waals surface area contributed by atoms with E-state index in [4.69, 9.17) is 28.1 Å². The molecule has 0 saturated carbocycles. The predicted molar refractivity (Wildman–Crippen MR) is 129 cm³/mol. The molecule has 0 aromatic rings. The van der Waals surface area contributed by atoms with Crippen molar-refractivity contribution in [1.82, 2.24) is 0 Å². The Balaban J connectivity index is 2.17. The van der Waals surface area contributed by atoms with Crippen LogP contribution in [0.2, 0.25) is 18.1 Å². The third kappa shape index (κ3) is 7.42. The molecule has 0 aromatic carbocycles. The summed E-state index contributed by atoms with van der Waals surface area (Å²) in [6, 6.07) is 0. The van der Waals surface area contributed by atoms with Crippen LogP contribution in [0.15, 0.2) is 0 Å². The first-order valence-corrected chi connectivity index (χ1v) is 15.5. The fourth-order valence-electron chi connectivity index (χ4n) is 3.49. The fraction of sp³-hybridized carbons (Fsp3) is 0.957. The highest BCUT2D eigenvalue weighted by atomic mass is 32.2. The number of fused-ring (bicyclic) bond motifs is 1. The molecule has 2 aliphatic heterocycles. The van der Waals surface area contributed by atoms with E-state index in [1.165, 1.54) is 0 Å². The van der Waals surface area contributed by atoms with Crippen molar-refractivity contribution in [2.45, 2.75) is 122 Å². The number of carbonyl (C=O) groups excluding carboxylic acids is 1. The van der Waals surface area contributed by atoms with Crippen LogP contribution in [0, 0.1) is 0 Å². The lowest BCUT2D eigenvalue weighted by Gasteiger charge is -2.43. The lowest BCUT2D eigenvalue weighted by atomic mass is 10.0. The van der Waals surface area contributed by atoms with Crippen LogP contribution < -0.4 is 0 Å². The highest BCUT2D eigenvalue weighted by Gasteiger charge is 2.56. The monoisotopic (exact) mass is 492 g/mol. The standard InChI is InChI=1S/C23H44O7SSi/c1-12-31-20-19(25-14-16(24)28-21(2,3)4)18-17(29-23(8,9)30-18)15(27-20)13-26-32(10,11)22(5,6)7/h15,17-20H,12-14H2,1-11H3/t15-,17+,18+,19-,20+/m1/s1. The minimum Gasteiger partial charge on any atom is -0.458 e. The van der Waals surface area contributed by atoms with Gasteiger partial charge in [-0.15, -0.1) is 11.8 Å².